The van der Waals surface area contributed by atoms with Gasteiger partial charge in [-0.25, -0.2) is 9.07 Å². The summed E-state index contributed by atoms with van der Waals surface area (Å²) in [6.07, 6.45) is 1.70. The Balaban J connectivity index is 1.38. The zero-order valence-corrected chi connectivity index (χ0v) is 18.9. The van der Waals surface area contributed by atoms with Crippen LogP contribution in [0, 0.1) is 12.7 Å². The fraction of sp³-hybridized carbons (Fsp3) is 0.222. The minimum Gasteiger partial charge on any atom is -0.347 e. The molecule has 1 aliphatic rings. The molecule has 4 aromatic rings. The molecule has 0 saturated heterocycles. The molecule has 3 aromatic carbocycles. The van der Waals surface area contributed by atoms with Crippen molar-refractivity contribution in [1.29, 1.82) is 0 Å². The van der Waals surface area contributed by atoms with Crippen molar-refractivity contribution in [3.63, 3.8) is 0 Å². The molecule has 2 heterocycles. The van der Waals surface area contributed by atoms with E-state index in [1.54, 1.807) is 16.8 Å². The van der Waals surface area contributed by atoms with Crippen LogP contribution >= 0.6 is 0 Å². The monoisotopic (exact) mass is 455 g/mol. The maximum Gasteiger partial charge on any atom is 0.250 e. The first kappa shape index (κ1) is 21.8. The first-order valence-electron chi connectivity index (χ1n) is 11.4. The summed E-state index contributed by atoms with van der Waals surface area (Å²) in [6, 6.07) is 24.6. The van der Waals surface area contributed by atoms with Crippen molar-refractivity contribution in [1.82, 2.24) is 14.8 Å². The van der Waals surface area contributed by atoms with Crippen LogP contribution in [0.3, 0.4) is 0 Å². The van der Waals surface area contributed by atoms with Crippen LogP contribution in [0.2, 0.25) is 0 Å². The smallest absolute Gasteiger partial charge is 0.250 e. The third-order valence-corrected chi connectivity index (χ3v) is 6.16. The molecular weight excluding hydrogens is 429 g/mol. The molecule has 7 heteroatoms. The molecule has 1 amide bonds. The predicted octanol–water partition coefficient (Wildman–Crippen LogP) is 5.44. The van der Waals surface area contributed by atoms with Crippen LogP contribution in [0.15, 0.2) is 78.9 Å². The summed E-state index contributed by atoms with van der Waals surface area (Å²) in [5, 5.41) is 10.9. The van der Waals surface area contributed by atoms with Crippen LogP contribution in [-0.2, 0) is 11.2 Å². The minimum atomic E-state index is -0.280. The van der Waals surface area contributed by atoms with Crippen LogP contribution in [0.1, 0.15) is 47.2 Å². The highest BCUT2D eigenvalue weighted by atomic mass is 19.1. The average molecular weight is 456 g/mol. The number of fused-ring (bicyclic) bond motifs is 1. The third-order valence-electron chi connectivity index (χ3n) is 6.16. The second kappa shape index (κ2) is 9.47. The standard InChI is InChI=1S/C27H26FN5O/c1-18-7-10-20(11-8-18)23-17-24(21-12-14-22(28)15-13-21)33-27(29-23)31-26(32-33)30-25(34)16-9-19-5-3-2-4-6-19/h2-8,10-15,23-24H,9,16-17H2,1H3,(H2,29,30,31,32,34)/t23-,24-/m1/s1. The predicted molar refractivity (Wildman–Crippen MR) is 130 cm³/mol. The summed E-state index contributed by atoms with van der Waals surface area (Å²) < 4.78 is 15.4. The quantitative estimate of drug-likeness (QED) is 0.406. The van der Waals surface area contributed by atoms with E-state index in [4.69, 9.17) is 0 Å². The van der Waals surface area contributed by atoms with Crippen molar-refractivity contribution >= 4 is 17.8 Å². The number of amides is 1. The average Bonchev–Trinajstić information content (AvgIpc) is 3.26. The Morgan fingerprint density at radius 2 is 1.74 bits per heavy atom. The lowest BCUT2D eigenvalue weighted by Gasteiger charge is -2.31. The van der Waals surface area contributed by atoms with Crippen LogP contribution < -0.4 is 10.6 Å². The van der Waals surface area contributed by atoms with Gasteiger partial charge in [0.2, 0.25) is 11.9 Å². The van der Waals surface area contributed by atoms with Crippen molar-refractivity contribution < 1.29 is 9.18 Å². The van der Waals surface area contributed by atoms with E-state index in [1.807, 2.05) is 30.3 Å². The molecule has 0 fully saturated rings. The number of rotatable bonds is 6. The number of nitrogens with one attached hydrogen (secondary N) is 2. The van der Waals surface area contributed by atoms with Gasteiger partial charge in [-0.3, -0.25) is 10.1 Å². The summed E-state index contributed by atoms with van der Waals surface area (Å²) in [7, 11) is 0. The van der Waals surface area contributed by atoms with Gasteiger partial charge in [-0.15, -0.1) is 5.10 Å². The second-order valence-electron chi connectivity index (χ2n) is 8.65. The Kier molecular flexibility index (Phi) is 6.08. The molecule has 5 rings (SSSR count). The van der Waals surface area contributed by atoms with Crippen molar-refractivity contribution in [2.75, 3.05) is 10.6 Å². The van der Waals surface area contributed by atoms with E-state index in [-0.39, 0.29) is 29.8 Å². The number of halogens is 1. The lowest BCUT2D eigenvalue weighted by molar-refractivity contribution is -0.116. The molecule has 0 radical (unpaired) electrons. The van der Waals surface area contributed by atoms with Gasteiger partial charge in [0, 0.05) is 6.42 Å². The van der Waals surface area contributed by atoms with Gasteiger partial charge >= 0.3 is 0 Å². The SMILES string of the molecule is Cc1ccc([C@H]2C[C@H](c3ccc(F)cc3)n3nc(NC(=O)CCc4ccccc4)nc3N2)cc1. The maximum atomic E-state index is 13.6. The van der Waals surface area contributed by atoms with Crippen LogP contribution in [-0.4, -0.2) is 20.7 Å². The molecule has 0 unspecified atom stereocenters. The van der Waals surface area contributed by atoms with E-state index in [1.165, 1.54) is 17.7 Å². The van der Waals surface area contributed by atoms with Crippen molar-refractivity contribution in [2.24, 2.45) is 0 Å². The Labute approximate surface area is 197 Å². The highest BCUT2D eigenvalue weighted by Crippen LogP contribution is 2.38. The third kappa shape index (κ3) is 4.83. The summed E-state index contributed by atoms with van der Waals surface area (Å²) in [6.45, 7) is 2.06. The largest absolute Gasteiger partial charge is 0.347 e. The summed E-state index contributed by atoms with van der Waals surface area (Å²) in [4.78, 5) is 17.1. The first-order chi connectivity index (χ1) is 16.5. The molecule has 1 aliphatic heterocycles. The number of benzene rings is 3. The number of carbonyl (C=O) groups excluding carboxylic acids is 1. The lowest BCUT2D eigenvalue weighted by Crippen LogP contribution is -2.28. The van der Waals surface area contributed by atoms with E-state index < -0.39 is 0 Å². The Bertz CT molecular complexity index is 1270. The molecular formula is C27H26FN5O. The molecule has 0 spiro atoms. The summed E-state index contributed by atoms with van der Waals surface area (Å²) in [5.41, 5.74) is 4.38. The van der Waals surface area contributed by atoms with E-state index in [0.29, 0.717) is 25.2 Å². The van der Waals surface area contributed by atoms with Gasteiger partial charge < -0.3 is 5.32 Å². The van der Waals surface area contributed by atoms with Gasteiger partial charge in [0.1, 0.15) is 5.82 Å². The topological polar surface area (TPSA) is 71.8 Å². The van der Waals surface area contributed by atoms with Crippen molar-refractivity contribution in [3.05, 3.63) is 107 Å². The van der Waals surface area contributed by atoms with E-state index in [2.05, 4.69) is 51.9 Å². The molecule has 0 bridgehead atoms. The zero-order valence-electron chi connectivity index (χ0n) is 18.9. The highest BCUT2D eigenvalue weighted by Gasteiger charge is 2.31. The van der Waals surface area contributed by atoms with Crippen molar-refractivity contribution in [3.8, 4) is 0 Å². The molecule has 2 N–H and O–H groups in total. The molecule has 2 atom stereocenters. The van der Waals surface area contributed by atoms with E-state index >= 15 is 0 Å². The number of nitrogens with zero attached hydrogens (tertiary/aromatic N) is 3. The first-order valence-corrected chi connectivity index (χ1v) is 11.4. The molecule has 0 saturated carbocycles. The summed E-state index contributed by atoms with van der Waals surface area (Å²) >= 11 is 0. The lowest BCUT2D eigenvalue weighted by atomic mass is 9.93. The van der Waals surface area contributed by atoms with Gasteiger partial charge in [0.05, 0.1) is 12.1 Å². The number of aryl methyl sites for hydroxylation is 2. The number of aromatic nitrogens is 3. The second-order valence-corrected chi connectivity index (χ2v) is 8.65. The highest BCUT2D eigenvalue weighted by molar-refractivity contribution is 5.89. The Morgan fingerprint density at radius 1 is 1.03 bits per heavy atom. The summed E-state index contributed by atoms with van der Waals surface area (Å²) in [5.74, 6) is 0.417. The van der Waals surface area contributed by atoms with Gasteiger partial charge in [0.25, 0.3) is 5.95 Å². The van der Waals surface area contributed by atoms with Gasteiger partial charge in [-0.1, -0.05) is 72.3 Å². The number of hydrogen-bond donors (Lipinski definition) is 2. The van der Waals surface area contributed by atoms with Gasteiger partial charge in [0.15, 0.2) is 0 Å². The van der Waals surface area contributed by atoms with Gasteiger partial charge in [-0.05, 0) is 48.6 Å². The van der Waals surface area contributed by atoms with Crippen molar-refractivity contribution in [2.45, 2.75) is 38.3 Å². The number of anilines is 2. The molecule has 1 aromatic heterocycles. The molecule has 34 heavy (non-hydrogen) atoms. The molecule has 6 nitrogen and oxygen atoms in total. The van der Waals surface area contributed by atoms with Gasteiger partial charge in [-0.2, -0.15) is 4.98 Å². The van der Waals surface area contributed by atoms with Crippen LogP contribution in [0.5, 0.6) is 0 Å². The minimum absolute atomic E-state index is 0.00832. The fourth-order valence-corrected chi connectivity index (χ4v) is 4.30. The van der Waals surface area contributed by atoms with E-state index in [9.17, 15) is 9.18 Å². The Hall–Kier alpha value is -4.00. The normalized spacial score (nSPS) is 17.0. The fourth-order valence-electron chi connectivity index (χ4n) is 4.30. The maximum absolute atomic E-state index is 13.6. The number of hydrogen-bond acceptors (Lipinski definition) is 4. The van der Waals surface area contributed by atoms with Crippen LogP contribution in [0.25, 0.3) is 0 Å². The van der Waals surface area contributed by atoms with E-state index in [0.717, 1.165) is 16.7 Å². The molecule has 172 valence electrons. The number of carbonyl (C=O) groups is 1. The molecule has 0 aliphatic carbocycles. The Morgan fingerprint density at radius 3 is 2.47 bits per heavy atom. The zero-order chi connectivity index (χ0) is 23.5. The van der Waals surface area contributed by atoms with Crippen LogP contribution in [0.4, 0.5) is 16.3 Å².